The molecule has 1 atom stereocenters. The number of carbonyl (C=O) groups excluding carboxylic acids is 2. The first-order valence-electron chi connectivity index (χ1n) is 7.00. The van der Waals surface area contributed by atoms with Gasteiger partial charge in [-0.15, -0.1) is 0 Å². The van der Waals surface area contributed by atoms with Crippen LogP contribution >= 0.6 is 0 Å². The number of rotatable bonds is 6. The van der Waals surface area contributed by atoms with Gasteiger partial charge >= 0.3 is 12.0 Å². The fraction of sp³-hybridized carbons (Fsp3) is 0.769. The average Bonchev–Trinajstić information content (AvgIpc) is 2.42. The van der Waals surface area contributed by atoms with Gasteiger partial charge in [-0.25, -0.2) is 4.79 Å². The largest absolute Gasteiger partial charge is 0.481 e. The van der Waals surface area contributed by atoms with Crippen LogP contribution in [0.3, 0.4) is 0 Å². The summed E-state index contributed by atoms with van der Waals surface area (Å²) < 4.78 is 0. The zero-order chi connectivity index (χ0) is 15.1. The van der Waals surface area contributed by atoms with Crippen LogP contribution in [0.1, 0.15) is 32.6 Å². The van der Waals surface area contributed by atoms with Gasteiger partial charge in [-0.05, 0) is 19.3 Å². The van der Waals surface area contributed by atoms with E-state index in [4.69, 9.17) is 10.8 Å². The van der Waals surface area contributed by atoms with Gasteiger partial charge in [0.05, 0.1) is 5.92 Å². The maximum Gasteiger partial charge on any atom is 0.317 e. The number of hydrogen-bond acceptors (Lipinski definition) is 3. The van der Waals surface area contributed by atoms with Crippen molar-refractivity contribution >= 4 is 17.9 Å². The highest BCUT2D eigenvalue weighted by atomic mass is 16.4. The predicted molar refractivity (Wildman–Crippen MR) is 72.9 cm³/mol. The highest BCUT2D eigenvalue weighted by Gasteiger charge is 2.26. The molecule has 7 heteroatoms. The van der Waals surface area contributed by atoms with Gasteiger partial charge in [0.2, 0.25) is 5.91 Å². The number of nitrogens with two attached hydrogens (primary N) is 1. The van der Waals surface area contributed by atoms with Crippen LogP contribution in [0.5, 0.6) is 0 Å². The van der Waals surface area contributed by atoms with Crippen LogP contribution in [-0.4, -0.2) is 47.5 Å². The average molecular weight is 285 g/mol. The Balaban J connectivity index is 2.36. The lowest BCUT2D eigenvalue weighted by atomic mass is 9.96. The van der Waals surface area contributed by atoms with Crippen LogP contribution in [0.4, 0.5) is 4.79 Å². The normalized spacial score (nSPS) is 17.6. The Morgan fingerprint density at radius 2 is 1.95 bits per heavy atom. The predicted octanol–water partition coefficient (Wildman–Crippen LogP) is 0.394. The number of primary amides is 1. The van der Waals surface area contributed by atoms with Crippen molar-refractivity contribution < 1.29 is 19.5 Å². The lowest BCUT2D eigenvalue weighted by Crippen LogP contribution is -2.47. The first-order valence-corrected chi connectivity index (χ1v) is 7.00. The van der Waals surface area contributed by atoms with Crippen molar-refractivity contribution in [1.82, 2.24) is 10.2 Å². The maximum atomic E-state index is 11.9. The van der Waals surface area contributed by atoms with E-state index in [0.717, 1.165) is 6.42 Å². The molecule has 0 aromatic rings. The molecular formula is C13H23N3O4. The second kappa shape index (κ2) is 7.72. The van der Waals surface area contributed by atoms with E-state index in [0.29, 0.717) is 32.4 Å². The molecule has 3 amide bonds. The van der Waals surface area contributed by atoms with Crippen molar-refractivity contribution in [3.05, 3.63) is 0 Å². The van der Waals surface area contributed by atoms with E-state index in [1.54, 1.807) is 4.90 Å². The summed E-state index contributed by atoms with van der Waals surface area (Å²) in [5.74, 6) is -1.92. The number of nitrogens with zero attached hydrogens (tertiary/aromatic N) is 1. The van der Waals surface area contributed by atoms with Crippen LogP contribution in [0.15, 0.2) is 0 Å². The fourth-order valence-corrected chi connectivity index (χ4v) is 2.35. The van der Waals surface area contributed by atoms with Gasteiger partial charge < -0.3 is 21.1 Å². The summed E-state index contributed by atoms with van der Waals surface area (Å²) in [6.45, 7) is 3.00. The topological polar surface area (TPSA) is 113 Å². The third-order valence-corrected chi connectivity index (χ3v) is 3.67. The molecule has 20 heavy (non-hydrogen) atoms. The maximum absolute atomic E-state index is 11.9. The lowest BCUT2D eigenvalue weighted by molar-refractivity contribution is -0.141. The molecule has 1 aliphatic heterocycles. The first kappa shape index (κ1) is 16.3. The Bertz CT molecular complexity index is 365. The fourth-order valence-electron chi connectivity index (χ4n) is 2.35. The Hall–Kier alpha value is -1.79. The van der Waals surface area contributed by atoms with Crippen molar-refractivity contribution in [3.8, 4) is 0 Å². The van der Waals surface area contributed by atoms with Crippen LogP contribution < -0.4 is 11.1 Å². The number of carbonyl (C=O) groups is 3. The summed E-state index contributed by atoms with van der Waals surface area (Å²) in [5.41, 5.74) is 5.23. The molecule has 114 valence electrons. The number of likely N-dealkylation sites (tertiary alicyclic amines) is 1. The SMILES string of the molecule is CCCC(CNC(=O)N1CCC(C(N)=O)CC1)C(=O)O. The third kappa shape index (κ3) is 4.71. The van der Waals surface area contributed by atoms with E-state index >= 15 is 0 Å². The molecule has 0 aromatic heterocycles. The molecule has 1 saturated heterocycles. The van der Waals surface area contributed by atoms with Gasteiger partial charge in [0, 0.05) is 25.6 Å². The highest BCUT2D eigenvalue weighted by Crippen LogP contribution is 2.16. The second-order valence-corrected chi connectivity index (χ2v) is 5.17. The van der Waals surface area contributed by atoms with Crippen molar-refractivity contribution in [2.24, 2.45) is 17.6 Å². The summed E-state index contributed by atoms with van der Waals surface area (Å²) >= 11 is 0. The summed E-state index contributed by atoms with van der Waals surface area (Å²) in [7, 11) is 0. The molecule has 7 nitrogen and oxygen atoms in total. The molecule has 0 bridgehead atoms. The summed E-state index contributed by atoms with van der Waals surface area (Å²) in [6, 6.07) is -0.268. The monoisotopic (exact) mass is 285 g/mol. The van der Waals surface area contributed by atoms with Crippen molar-refractivity contribution in [1.29, 1.82) is 0 Å². The van der Waals surface area contributed by atoms with E-state index in [2.05, 4.69) is 5.32 Å². The van der Waals surface area contributed by atoms with Gasteiger partial charge in [0.15, 0.2) is 0 Å². The lowest BCUT2D eigenvalue weighted by Gasteiger charge is -2.30. The van der Waals surface area contributed by atoms with Crippen LogP contribution in [0.25, 0.3) is 0 Å². The van der Waals surface area contributed by atoms with Crippen molar-refractivity contribution in [3.63, 3.8) is 0 Å². The third-order valence-electron chi connectivity index (χ3n) is 3.67. The number of amides is 3. The highest BCUT2D eigenvalue weighted by molar-refractivity contribution is 5.78. The molecule has 1 aliphatic rings. The molecule has 1 heterocycles. The molecule has 0 aliphatic carbocycles. The number of carboxylic acid groups (broad SMARTS) is 1. The quantitative estimate of drug-likeness (QED) is 0.655. The molecule has 0 spiro atoms. The molecule has 1 rings (SSSR count). The van der Waals surface area contributed by atoms with Crippen LogP contribution in [0, 0.1) is 11.8 Å². The molecular weight excluding hydrogens is 262 g/mol. The van der Waals surface area contributed by atoms with Crippen LogP contribution in [0.2, 0.25) is 0 Å². The number of aliphatic carboxylic acids is 1. The minimum absolute atomic E-state index is 0.137. The second-order valence-electron chi connectivity index (χ2n) is 5.17. The summed E-state index contributed by atoms with van der Waals surface area (Å²) in [6.07, 6.45) is 2.44. The number of nitrogens with one attached hydrogen (secondary N) is 1. The summed E-state index contributed by atoms with van der Waals surface area (Å²) in [4.78, 5) is 35.5. The smallest absolute Gasteiger partial charge is 0.317 e. The number of hydrogen-bond donors (Lipinski definition) is 3. The van der Waals surface area contributed by atoms with E-state index in [-0.39, 0.29) is 24.4 Å². The van der Waals surface area contributed by atoms with Crippen molar-refractivity contribution in [2.75, 3.05) is 19.6 Å². The van der Waals surface area contributed by atoms with Gasteiger partial charge in [-0.3, -0.25) is 9.59 Å². The van der Waals surface area contributed by atoms with Gasteiger partial charge in [0.25, 0.3) is 0 Å². The standard InChI is InChI=1S/C13H23N3O4/c1-2-3-10(12(18)19)8-15-13(20)16-6-4-9(5-7-16)11(14)17/h9-10H,2-8H2,1H3,(H2,14,17)(H,15,20)(H,18,19). The van der Waals surface area contributed by atoms with Crippen molar-refractivity contribution in [2.45, 2.75) is 32.6 Å². The Morgan fingerprint density at radius 3 is 2.40 bits per heavy atom. The van der Waals surface area contributed by atoms with Gasteiger partial charge in [-0.2, -0.15) is 0 Å². The van der Waals surface area contributed by atoms with Gasteiger partial charge in [0.1, 0.15) is 0 Å². The Kier molecular flexibility index (Phi) is 6.27. The van der Waals surface area contributed by atoms with E-state index in [1.165, 1.54) is 0 Å². The zero-order valence-corrected chi connectivity index (χ0v) is 11.8. The van der Waals surface area contributed by atoms with E-state index in [9.17, 15) is 14.4 Å². The molecule has 1 unspecified atom stereocenters. The van der Waals surface area contributed by atoms with E-state index < -0.39 is 11.9 Å². The molecule has 0 aromatic carbocycles. The molecule has 0 radical (unpaired) electrons. The first-order chi connectivity index (χ1) is 9.45. The number of urea groups is 1. The van der Waals surface area contributed by atoms with Gasteiger partial charge in [-0.1, -0.05) is 13.3 Å². The number of carboxylic acids is 1. The number of piperidine rings is 1. The van der Waals surface area contributed by atoms with Crippen LogP contribution in [-0.2, 0) is 9.59 Å². The zero-order valence-electron chi connectivity index (χ0n) is 11.8. The molecule has 0 saturated carbocycles. The summed E-state index contributed by atoms with van der Waals surface area (Å²) in [5, 5.41) is 11.7. The Labute approximate surface area is 118 Å². The minimum atomic E-state index is -0.889. The molecule has 1 fully saturated rings. The Morgan fingerprint density at radius 1 is 1.35 bits per heavy atom. The minimum Gasteiger partial charge on any atom is -0.481 e. The molecule has 4 N–H and O–H groups in total. The van der Waals surface area contributed by atoms with E-state index in [1.807, 2.05) is 6.92 Å².